The molecule has 1 aromatic heterocycles. The quantitative estimate of drug-likeness (QED) is 0.659. The predicted octanol–water partition coefficient (Wildman–Crippen LogP) is 1.38. The summed E-state index contributed by atoms with van der Waals surface area (Å²) in [6.45, 7) is 0. The third-order valence-corrected chi connectivity index (χ3v) is 3.37. The zero-order chi connectivity index (χ0) is 16.1. The minimum atomic E-state index is -0.619. The molecule has 0 fully saturated rings. The number of nitrogens with zero attached hydrogens (tertiary/aromatic N) is 3. The number of benzene rings is 2. The molecule has 7 nitrogen and oxygen atoms in total. The van der Waals surface area contributed by atoms with E-state index in [1.54, 1.807) is 12.1 Å². The number of hydrogen-bond acceptors (Lipinski definition) is 5. The molecule has 1 amide bonds. The molecule has 3 aromatic rings. The molecule has 2 aromatic carbocycles. The van der Waals surface area contributed by atoms with Gasteiger partial charge < -0.3 is 11.1 Å². The van der Waals surface area contributed by atoms with Crippen molar-refractivity contribution >= 4 is 11.6 Å². The largest absolute Gasteiger partial charge is 0.325 e. The van der Waals surface area contributed by atoms with E-state index in [9.17, 15) is 4.79 Å². The standard InChI is InChI=1S/C16H16N6O/c17-14(9-11-5-2-1-3-6-11)16(23)18-13-8-4-7-12(10-13)15-19-21-22-20-15/h1-8,10,14H,9,17H2,(H,18,23)(H,19,20,21,22). The molecule has 0 aliphatic rings. The van der Waals surface area contributed by atoms with Gasteiger partial charge in [0, 0.05) is 11.3 Å². The summed E-state index contributed by atoms with van der Waals surface area (Å²) in [4.78, 5) is 12.2. The number of hydrogen-bond donors (Lipinski definition) is 3. The highest BCUT2D eigenvalue weighted by Gasteiger charge is 2.14. The number of nitrogens with two attached hydrogens (primary N) is 1. The van der Waals surface area contributed by atoms with Crippen molar-refractivity contribution in [1.82, 2.24) is 20.6 Å². The second-order valence-electron chi connectivity index (χ2n) is 5.10. The number of aromatic nitrogens is 4. The third-order valence-electron chi connectivity index (χ3n) is 3.37. The summed E-state index contributed by atoms with van der Waals surface area (Å²) in [5.74, 6) is 0.230. The molecule has 3 rings (SSSR count). The molecule has 4 N–H and O–H groups in total. The Labute approximate surface area is 132 Å². The molecule has 1 atom stereocenters. The lowest BCUT2D eigenvalue weighted by molar-refractivity contribution is -0.117. The van der Waals surface area contributed by atoms with Crippen LogP contribution in [0.15, 0.2) is 54.6 Å². The highest BCUT2D eigenvalue weighted by molar-refractivity contribution is 5.95. The van der Waals surface area contributed by atoms with E-state index in [4.69, 9.17) is 5.73 Å². The van der Waals surface area contributed by atoms with E-state index in [1.807, 2.05) is 42.5 Å². The van der Waals surface area contributed by atoms with E-state index >= 15 is 0 Å². The van der Waals surface area contributed by atoms with Crippen molar-refractivity contribution in [3.8, 4) is 11.4 Å². The Hall–Kier alpha value is -3.06. The zero-order valence-corrected chi connectivity index (χ0v) is 12.3. The normalized spacial score (nSPS) is 11.9. The molecule has 23 heavy (non-hydrogen) atoms. The smallest absolute Gasteiger partial charge is 0.241 e. The molecule has 0 aliphatic heterocycles. The minimum absolute atomic E-state index is 0.237. The highest BCUT2D eigenvalue weighted by atomic mass is 16.2. The van der Waals surface area contributed by atoms with Crippen molar-refractivity contribution in [2.75, 3.05) is 5.32 Å². The first kappa shape index (κ1) is 14.9. The van der Waals surface area contributed by atoms with E-state index in [0.29, 0.717) is 17.9 Å². The van der Waals surface area contributed by atoms with Gasteiger partial charge in [0.15, 0.2) is 0 Å². The summed E-state index contributed by atoms with van der Waals surface area (Å²) in [5.41, 5.74) is 8.40. The molecule has 0 saturated heterocycles. The lowest BCUT2D eigenvalue weighted by Gasteiger charge is -2.12. The summed E-state index contributed by atoms with van der Waals surface area (Å²) in [6, 6.07) is 16.3. The van der Waals surface area contributed by atoms with Gasteiger partial charge in [-0.2, -0.15) is 5.21 Å². The SMILES string of the molecule is NC(Cc1ccccc1)C(=O)Nc1cccc(-c2nn[nH]n2)c1. The number of H-pyrrole nitrogens is 1. The van der Waals surface area contributed by atoms with Gasteiger partial charge in [0.25, 0.3) is 0 Å². The van der Waals surface area contributed by atoms with Gasteiger partial charge in [-0.1, -0.05) is 42.5 Å². The molecule has 0 radical (unpaired) electrons. The highest BCUT2D eigenvalue weighted by Crippen LogP contribution is 2.18. The van der Waals surface area contributed by atoms with Gasteiger partial charge in [0.1, 0.15) is 0 Å². The molecular formula is C16H16N6O. The number of carbonyl (C=O) groups is 1. The first-order chi connectivity index (χ1) is 11.2. The summed E-state index contributed by atoms with van der Waals surface area (Å²) >= 11 is 0. The van der Waals surface area contributed by atoms with Crippen LogP contribution in [0.2, 0.25) is 0 Å². The van der Waals surface area contributed by atoms with Gasteiger partial charge in [-0.05, 0) is 29.3 Å². The number of rotatable bonds is 5. The Morgan fingerprint density at radius 3 is 2.74 bits per heavy atom. The maximum Gasteiger partial charge on any atom is 0.241 e. The summed E-state index contributed by atoms with van der Waals surface area (Å²) < 4.78 is 0. The number of nitrogens with one attached hydrogen (secondary N) is 2. The van der Waals surface area contributed by atoms with Crippen LogP contribution in [0.4, 0.5) is 5.69 Å². The molecular weight excluding hydrogens is 292 g/mol. The van der Waals surface area contributed by atoms with Crippen LogP contribution in [0.3, 0.4) is 0 Å². The number of anilines is 1. The van der Waals surface area contributed by atoms with Crippen molar-refractivity contribution in [1.29, 1.82) is 0 Å². The molecule has 0 bridgehead atoms. The van der Waals surface area contributed by atoms with Crippen LogP contribution in [0, 0.1) is 0 Å². The van der Waals surface area contributed by atoms with Crippen molar-refractivity contribution in [2.45, 2.75) is 12.5 Å². The fourth-order valence-corrected chi connectivity index (χ4v) is 2.22. The summed E-state index contributed by atoms with van der Waals surface area (Å²) in [7, 11) is 0. The van der Waals surface area contributed by atoms with E-state index in [2.05, 4.69) is 25.9 Å². The third kappa shape index (κ3) is 3.78. The summed E-state index contributed by atoms with van der Waals surface area (Å²) in [6.07, 6.45) is 0.483. The van der Waals surface area contributed by atoms with Crippen molar-refractivity contribution in [3.05, 3.63) is 60.2 Å². The second kappa shape index (κ2) is 6.80. The van der Waals surface area contributed by atoms with Crippen LogP contribution in [0.5, 0.6) is 0 Å². The number of aromatic amines is 1. The van der Waals surface area contributed by atoms with Crippen LogP contribution in [-0.4, -0.2) is 32.6 Å². The Bertz CT molecular complexity index is 772. The average molecular weight is 308 g/mol. The van der Waals surface area contributed by atoms with Crippen LogP contribution in [0.25, 0.3) is 11.4 Å². The topological polar surface area (TPSA) is 110 Å². The fourth-order valence-electron chi connectivity index (χ4n) is 2.22. The van der Waals surface area contributed by atoms with Crippen LogP contribution in [-0.2, 0) is 11.2 Å². The Morgan fingerprint density at radius 2 is 2.00 bits per heavy atom. The van der Waals surface area contributed by atoms with Crippen molar-refractivity contribution in [2.24, 2.45) is 5.73 Å². The predicted molar refractivity (Wildman–Crippen MR) is 86.4 cm³/mol. The number of carbonyl (C=O) groups excluding carboxylic acids is 1. The molecule has 0 aliphatic carbocycles. The van der Waals surface area contributed by atoms with Gasteiger partial charge in [0.2, 0.25) is 11.7 Å². The van der Waals surface area contributed by atoms with Crippen LogP contribution >= 0.6 is 0 Å². The lowest BCUT2D eigenvalue weighted by atomic mass is 10.1. The van der Waals surface area contributed by atoms with Gasteiger partial charge in [-0.3, -0.25) is 4.79 Å². The molecule has 7 heteroatoms. The van der Waals surface area contributed by atoms with Crippen LogP contribution < -0.4 is 11.1 Å². The maximum absolute atomic E-state index is 12.2. The number of amides is 1. The lowest BCUT2D eigenvalue weighted by Crippen LogP contribution is -2.37. The van der Waals surface area contributed by atoms with E-state index in [-0.39, 0.29) is 5.91 Å². The Kier molecular flexibility index (Phi) is 4.39. The zero-order valence-electron chi connectivity index (χ0n) is 12.3. The van der Waals surface area contributed by atoms with Crippen molar-refractivity contribution in [3.63, 3.8) is 0 Å². The number of tetrazole rings is 1. The Balaban J connectivity index is 1.67. The van der Waals surface area contributed by atoms with Crippen molar-refractivity contribution < 1.29 is 4.79 Å². The first-order valence-corrected chi connectivity index (χ1v) is 7.16. The molecule has 0 saturated carbocycles. The maximum atomic E-state index is 12.2. The van der Waals surface area contributed by atoms with E-state index in [0.717, 1.165) is 11.1 Å². The van der Waals surface area contributed by atoms with E-state index < -0.39 is 6.04 Å². The van der Waals surface area contributed by atoms with E-state index in [1.165, 1.54) is 0 Å². The summed E-state index contributed by atoms with van der Waals surface area (Å²) in [5, 5.41) is 16.6. The minimum Gasteiger partial charge on any atom is -0.325 e. The molecule has 116 valence electrons. The van der Waals surface area contributed by atoms with Gasteiger partial charge in [0.05, 0.1) is 6.04 Å². The molecule has 0 spiro atoms. The van der Waals surface area contributed by atoms with Gasteiger partial charge in [-0.25, -0.2) is 0 Å². The Morgan fingerprint density at radius 1 is 1.17 bits per heavy atom. The first-order valence-electron chi connectivity index (χ1n) is 7.16. The van der Waals surface area contributed by atoms with Crippen LogP contribution in [0.1, 0.15) is 5.56 Å². The fraction of sp³-hybridized carbons (Fsp3) is 0.125. The molecule has 1 heterocycles. The van der Waals surface area contributed by atoms with Gasteiger partial charge in [-0.15, -0.1) is 10.2 Å². The molecule has 1 unspecified atom stereocenters. The second-order valence-corrected chi connectivity index (χ2v) is 5.10. The average Bonchev–Trinajstić information content (AvgIpc) is 3.10. The van der Waals surface area contributed by atoms with Gasteiger partial charge >= 0.3 is 0 Å². The monoisotopic (exact) mass is 308 g/mol.